The van der Waals surface area contributed by atoms with Gasteiger partial charge in [0.05, 0.1) is 24.2 Å². The zero-order valence-corrected chi connectivity index (χ0v) is 18.9. The van der Waals surface area contributed by atoms with Crippen LogP contribution >= 0.6 is 0 Å². The van der Waals surface area contributed by atoms with Gasteiger partial charge in [-0.05, 0) is 49.7 Å². The van der Waals surface area contributed by atoms with E-state index >= 15 is 0 Å². The van der Waals surface area contributed by atoms with Crippen molar-refractivity contribution in [1.29, 1.82) is 0 Å². The van der Waals surface area contributed by atoms with Crippen LogP contribution in [0.2, 0.25) is 0 Å². The van der Waals surface area contributed by atoms with Crippen LogP contribution in [0.1, 0.15) is 20.3 Å². The number of para-hydroxylation sites is 2. The number of methoxy groups -OCH3 is 1. The number of nitrogens with zero attached hydrogens (tertiary/aromatic N) is 1. The van der Waals surface area contributed by atoms with E-state index in [1.807, 2.05) is 6.92 Å². The lowest BCUT2D eigenvalue weighted by atomic mass is 10.2. The van der Waals surface area contributed by atoms with Crippen molar-refractivity contribution < 1.29 is 32.2 Å². The number of anilines is 1. The number of amides is 1. The Labute approximate surface area is 187 Å². The number of ether oxygens (including phenoxy) is 3. The molecule has 1 heterocycles. The first kappa shape index (κ1) is 23.6. The van der Waals surface area contributed by atoms with Gasteiger partial charge < -0.3 is 19.1 Å². The second-order valence-electron chi connectivity index (χ2n) is 7.29. The summed E-state index contributed by atoms with van der Waals surface area (Å²) >= 11 is 0. The number of fused-ring (bicyclic) bond motifs is 1. The number of rotatable bonds is 8. The van der Waals surface area contributed by atoms with E-state index in [0.29, 0.717) is 23.6 Å². The SMILES string of the molecule is CC[C@H](C)NS(=O)(=O)c1ccc(OCC(=O)N2C[C@@H](C(=O)OC)Oc3ccccc32)cc1. The zero-order chi connectivity index (χ0) is 23.3. The Hall–Kier alpha value is -3.11. The summed E-state index contributed by atoms with van der Waals surface area (Å²) in [7, 11) is -2.37. The molecule has 0 spiro atoms. The van der Waals surface area contributed by atoms with Gasteiger partial charge >= 0.3 is 5.97 Å². The molecule has 0 aliphatic carbocycles. The van der Waals surface area contributed by atoms with Crippen LogP contribution in [0, 0.1) is 0 Å². The molecule has 172 valence electrons. The highest BCUT2D eigenvalue weighted by atomic mass is 32.2. The van der Waals surface area contributed by atoms with E-state index in [0.717, 1.165) is 0 Å². The molecule has 0 radical (unpaired) electrons. The summed E-state index contributed by atoms with van der Waals surface area (Å²) in [5.74, 6) is -0.233. The summed E-state index contributed by atoms with van der Waals surface area (Å²) in [6.45, 7) is 3.36. The lowest BCUT2D eigenvalue weighted by Gasteiger charge is -2.33. The number of carbonyl (C=O) groups is 2. The average Bonchev–Trinajstić information content (AvgIpc) is 2.81. The maximum absolute atomic E-state index is 12.9. The van der Waals surface area contributed by atoms with Gasteiger partial charge in [-0.2, -0.15) is 0 Å². The van der Waals surface area contributed by atoms with Crippen molar-refractivity contribution >= 4 is 27.6 Å². The van der Waals surface area contributed by atoms with Crippen LogP contribution in [0.3, 0.4) is 0 Å². The average molecular weight is 463 g/mol. The highest BCUT2D eigenvalue weighted by Crippen LogP contribution is 2.33. The monoisotopic (exact) mass is 462 g/mol. The summed E-state index contributed by atoms with van der Waals surface area (Å²) in [6.07, 6.45) is -0.273. The zero-order valence-electron chi connectivity index (χ0n) is 18.1. The molecule has 32 heavy (non-hydrogen) atoms. The molecule has 2 aromatic carbocycles. The number of nitrogens with one attached hydrogen (secondary N) is 1. The molecule has 0 aromatic heterocycles. The van der Waals surface area contributed by atoms with Gasteiger partial charge in [-0.1, -0.05) is 19.1 Å². The Morgan fingerprint density at radius 3 is 2.53 bits per heavy atom. The van der Waals surface area contributed by atoms with Gasteiger partial charge in [-0.3, -0.25) is 4.79 Å². The number of carbonyl (C=O) groups excluding carboxylic acids is 2. The van der Waals surface area contributed by atoms with Crippen LogP contribution in [-0.2, 0) is 24.3 Å². The normalized spacial score (nSPS) is 16.5. The van der Waals surface area contributed by atoms with Gasteiger partial charge in [0.25, 0.3) is 5.91 Å². The van der Waals surface area contributed by atoms with E-state index in [9.17, 15) is 18.0 Å². The van der Waals surface area contributed by atoms with E-state index in [1.165, 1.54) is 36.3 Å². The second kappa shape index (κ2) is 10.0. The van der Waals surface area contributed by atoms with Crippen molar-refractivity contribution in [3.63, 3.8) is 0 Å². The third kappa shape index (κ3) is 5.38. The number of hydrogen-bond acceptors (Lipinski definition) is 7. The molecule has 1 aliphatic rings. The molecule has 1 amide bonds. The Bertz CT molecular complexity index is 1070. The number of esters is 1. The van der Waals surface area contributed by atoms with Crippen molar-refractivity contribution in [2.75, 3.05) is 25.2 Å². The lowest BCUT2D eigenvalue weighted by Crippen LogP contribution is -2.48. The second-order valence-corrected chi connectivity index (χ2v) is 9.01. The Morgan fingerprint density at radius 1 is 1.19 bits per heavy atom. The highest BCUT2D eigenvalue weighted by Gasteiger charge is 2.34. The maximum Gasteiger partial charge on any atom is 0.348 e. The molecule has 1 N–H and O–H groups in total. The molecule has 10 heteroatoms. The van der Waals surface area contributed by atoms with Gasteiger partial charge in [-0.15, -0.1) is 0 Å². The molecule has 0 unspecified atom stereocenters. The van der Waals surface area contributed by atoms with Gasteiger partial charge in [0.1, 0.15) is 11.5 Å². The van der Waals surface area contributed by atoms with Crippen molar-refractivity contribution in [1.82, 2.24) is 4.72 Å². The molecule has 2 aromatic rings. The van der Waals surface area contributed by atoms with Gasteiger partial charge in [0, 0.05) is 6.04 Å². The summed E-state index contributed by atoms with van der Waals surface area (Å²) < 4.78 is 43.2. The third-order valence-corrected chi connectivity index (χ3v) is 6.61. The minimum absolute atomic E-state index is 0.00958. The van der Waals surface area contributed by atoms with Crippen molar-refractivity contribution in [3.8, 4) is 11.5 Å². The molecule has 2 atom stereocenters. The molecular weight excluding hydrogens is 436 g/mol. The maximum atomic E-state index is 12.9. The predicted molar refractivity (Wildman–Crippen MR) is 117 cm³/mol. The standard InChI is InChI=1S/C22H26N2O7S/c1-4-15(2)23-32(27,28)17-11-9-16(10-12-17)30-14-21(25)24-13-20(22(26)29-3)31-19-8-6-5-7-18(19)24/h5-12,15,20,23H,4,13-14H2,1-3H3/t15-,20-/m0/s1. The predicted octanol–water partition coefficient (Wildman–Crippen LogP) is 2.11. The van der Waals surface area contributed by atoms with E-state index in [2.05, 4.69) is 4.72 Å². The van der Waals surface area contributed by atoms with Crippen molar-refractivity contribution in [2.45, 2.75) is 37.3 Å². The van der Waals surface area contributed by atoms with E-state index in [-0.39, 0.29) is 30.0 Å². The van der Waals surface area contributed by atoms with E-state index in [1.54, 1.807) is 31.2 Å². The lowest BCUT2D eigenvalue weighted by molar-refractivity contribution is -0.148. The molecular formula is C22H26N2O7S. The fraction of sp³-hybridized carbons (Fsp3) is 0.364. The molecule has 0 saturated heterocycles. The molecule has 0 fully saturated rings. The first-order chi connectivity index (χ1) is 15.2. The van der Waals surface area contributed by atoms with Crippen LogP contribution in [0.4, 0.5) is 5.69 Å². The van der Waals surface area contributed by atoms with Crippen LogP contribution in [0.5, 0.6) is 11.5 Å². The van der Waals surface area contributed by atoms with Gasteiger partial charge in [-0.25, -0.2) is 17.9 Å². The Kier molecular flexibility index (Phi) is 7.37. The van der Waals surface area contributed by atoms with Crippen LogP contribution in [0.25, 0.3) is 0 Å². The van der Waals surface area contributed by atoms with E-state index < -0.39 is 22.1 Å². The quantitative estimate of drug-likeness (QED) is 0.598. The Balaban J connectivity index is 1.68. The molecule has 0 bridgehead atoms. The first-order valence-corrected chi connectivity index (χ1v) is 11.6. The van der Waals surface area contributed by atoms with Gasteiger partial charge in [0.2, 0.25) is 16.1 Å². The number of sulfonamides is 1. The number of hydrogen-bond donors (Lipinski definition) is 1. The first-order valence-electron chi connectivity index (χ1n) is 10.1. The minimum Gasteiger partial charge on any atom is -0.484 e. The summed E-state index contributed by atoms with van der Waals surface area (Å²) in [6, 6.07) is 12.5. The fourth-order valence-electron chi connectivity index (χ4n) is 3.08. The highest BCUT2D eigenvalue weighted by molar-refractivity contribution is 7.89. The minimum atomic E-state index is -3.63. The topological polar surface area (TPSA) is 111 Å². The molecule has 9 nitrogen and oxygen atoms in total. The van der Waals surface area contributed by atoms with Crippen LogP contribution in [-0.4, -0.2) is 52.7 Å². The van der Waals surface area contributed by atoms with Crippen LogP contribution in [0.15, 0.2) is 53.4 Å². The smallest absolute Gasteiger partial charge is 0.348 e. The van der Waals surface area contributed by atoms with Crippen molar-refractivity contribution in [2.24, 2.45) is 0 Å². The number of benzene rings is 2. The largest absolute Gasteiger partial charge is 0.484 e. The molecule has 1 aliphatic heterocycles. The Morgan fingerprint density at radius 2 is 1.88 bits per heavy atom. The molecule has 3 rings (SSSR count). The third-order valence-electron chi connectivity index (χ3n) is 5.00. The van der Waals surface area contributed by atoms with Crippen molar-refractivity contribution in [3.05, 3.63) is 48.5 Å². The summed E-state index contributed by atoms with van der Waals surface area (Å²) in [4.78, 5) is 26.3. The fourth-order valence-corrected chi connectivity index (χ4v) is 4.41. The summed E-state index contributed by atoms with van der Waals surface area (Å²) in [5, 5.41) is 0. The molecule has 0 saturated carbocycles. The summed E-state index contributed by atoms with van der Waals surface area (Å²) in [5.41, 5.74) is 0.527. The van der Waals surface area contributed by atoms with E-state index in [4.69, 9.17) is 14.2 Å². The van der Waals surface area contributed by atoms with Gasteiger partial charge in [0.15, 0.2) is 6.61 Å². The van der Waals surface area contributed by atoms with Crippen LogP contribution < -0.4 is 19.1 Å².